The SMILES string of the molecule is CCNC(=NCc1ccccc1)NCCNC(=O)C1CC1. The molecule has 1 saturated carbocycles. The Kier molecular flexibility index (Phi) is 6.06. The number of nitrogens with one attached hydrogen (secondary N) is 3. The fourth-order valence-corrected chi connectivity index (χ4v) is 1.95. The molecule has 1 aliphatic rings. The highest BCUT2D eigenvalue weighted by molar-refractivity contribution is 5.81. The Morgan fingerprint density at radius 1 is 1.14 bits per heavy atom. The summed E-state index contributed by atoms with van der Waals surface area (Å²) in [5.74, 6) is 1.23. The number of hydrogen-bond donors (Lipinski definition) is 3. The van der Waals surface area contributed by atoms with Crippen LogP contribution >= 0.6 is 0 Å². The molecule has 1 aromatic rings. The van der Waals surface area contributed by atoms with E-state index in [1.54, 1.807) is 0 Å². The summed E-state index contributed by atoms with van der Waals surface area (Å²) in [6.45, 7) is 4.80. The molecule has 5 heteroatoms. The summed E-state index contributed by atoms with van der Waals surface area (Å²) in [6.07, 6.45) is 2.08. The molecule has 2 rings (SSSR count). The maximum atomic E-state index is 11.5. The summed E-state index contributed by atoms with van der Waals surface area (Å²) < 4.78 is 0. The third kappa shape index (κ3) is 5.85. The number of hydrogen-bond acceptors (Lipinski definition) is 2. The zero-order chi connectivity index (χ0) is 14.9. The number of guanidine groups is 1. The highest BCUT2D eigenvalue weighted by Crippen LogP contribution is 2.28. The molecule has 1 aromatic carbocycles. The van der Waals surface area contributed by atoms with Gasteiger partial charge in [-0.05, 0) is 25.3 Å². The molecule has 5 nitrogen and oxygen atoms in total. The lowest BCUT2D eigenvalue weighted by Crippen LogP contribution is -2.41. The third-order valence-corrected chi connectivity index (χ3v) is 3.27. The van der Waals surface area contributed by atoms with E-state index in [1.165, 1.54) is 5.56 Å². The van der Waals surface area contributed by atoms with Gasteiger partial charge >= 0.3 is 0 Å². The number of nitrogens with zero attached hydrogens (tertiary/aromatic N) is 1. The normalized spacial score (nSPS) is 14.6. The first kappa shape index (κ1) is 15.4. The van der Waals surface area contributed by atoms with Crippen molar-refractivity contribution in [1.82, 2.24) is 16.0 Å². The van der Waals surface area contributed by atoms with Crippen LogP contribution in [-0.4, -0.2) is 31.5 Å². The van der Waals surface area contributed by atoms with Gasteiger partial charge in [0.15, 0.2) is 5.96 Å². The largest absolute Gasteiger partial charge is 0.357 e. The Hall–Kier alpha value is -2.04. The van der Waals surface area contributed by atoms with Crippen LogP contribution in [0.4, 0.5) is 0 Å². The number of rotatable bonds is 7. The van der Waals surface area contributed by atoms with Crippen LogP contribution in [0.25, 0.3) is 0 Å². The Bertz CT molecular complexity index is 468. The van der Waals surface area contributed by atoms with Gasteiger partial charge in [-0.1, -0.05) is 30.3 Å². The fourth-order valence-electron chi connectivity index (χ4n) is 1.95. The molecule has 3 N–H and O–H groups in total. The molecule has 0 unspecified atom stereocenters. The van der Waals surface area contributed by atoms with Crippen LogP contribution in [0.5, 0.6) is 0 Å². The summed E-state index contributed by atoms with van der Waals surface area (Å²) in [4.78, 5) is 16.0. The van der Waals surface area contributed by atoms with Crippen LogP contribution in [0.15, 0.2) is 35.3 Å². The number of aliphatic imine (C=N–C) groups is 1. The summed E-state index contributed by atoms with van der Waals surface area (Å²) in [7, 11) is 0. The molecule has 0 atom stereocenters. The minimum Gasteiger partial charge on any atom is -0.357 e. The molecule has 114 valence electrons. The van der Waals surface area contributed by atoms with E-state index in [2.05, 4.69) is 33.1 Å². The predicted octanol–water partition coefficient (Wildman–Crippen LogP) is 1.27. The van der Waals surface area contributed by atoms with Crippen LogP contribution in [0.1, 0.15) is 25.3 Å². The average Bonchev–Trinajstić information content (AvgIpc) is 3.34. The summed E-state index contributed by atoms with van der Waals surface area (Å²) in [6, 6.07) is 10.1. The first-order valence-electron chi connectivity index (χ1n) is 7.63. The molecule has 0 heterocycles. The minimum atomic E-state index is 0.183. The van der Waals surface area contributed by atoms with Crippen molar-refractivity contribution in [3.05, 3.63) is 35.9 Å². The van der Waals surface area contributed by atoms with E-state index in [4.69, 9.17) is 0 Å². The average molecular weight is 288 g/mol. The van der Waals surface area contributed by atoms with Crippen molar-refractivity contribution in [3.63, 3.8) is 0 Å². The molecule has 1 fully saturated rings. The molecule has 0 aliphatic heterocycles. The molecule has 0 aromatic heterocycles. The highest BCUT2D eigenvalue weighted by Gasteiger charge is 2.28. The lowest BCUT2D eigenvalue weighted by atomic mass is 10.2. The third-order valence-electron chi connectivity index (χ3n) is 3.27. The van der Waals surface area contributed by atoms with E-state index in [0.29, 0.717) is 19.6 Å². The first-order valence-corrected chi connectivity index (χ1v) is 7.63. The molecule has 1 amide bonds. The van der Waals surface area contributed by atoms with Crippen LogP contribution in [0, 0.1) is 5.92 Å². The molecule has 0 radical (unpaired) electrons. The van der Waals surface area contributed by atoms with Crippen LogP contribution < -0.4 is 16.0 Å². The smallest absolute Gasteiger partial charge is 0.223 e. The van der Waals surface area contributed by atoms with E-state index >= 15 is 0 Å². The zero-order valence-electron chi connectivity index (χ0n) is 12.6. The van der Waals surface area contributed by atoms with Gasteiger partial charge in [-0.3, -0.25) is 4.79 Å². The summed E-state index contributed by atoms with van der Waals surface area (Å²) >= 11 is 0. The van der Waals surface area contributed by atoms with Crippen molar-refractivity contribution in [2.75, 3.05) is 19.6 Å². The molecular formula is C16H24N4O. The van der Waals surface area contributed by atoms with Crippen LogP contribution in [-0.2, 0) is 11.3 Å². The van der Waals surface area contributed by atoms with Crippen molar-refractivity contribution >= 4 is 11.9 Å². The van der Waals surface area contributed by atoms with Gasteiger partial charge in [0.25, 0.3) is 0 Å². The topological polar surface area (TPSA) is 65.5 Å². The van der Waals surface area contributed by atoms with Gasteiger partial charge in [0, 0.05) is 25.6 Å². The van der Waals surface area contributed by atoms with E-state index < -0.39 is 0 Å². The Balaban J connectivity index is 1.71. The number of benzene rings is 1. The lowest BCUT2D eigenvalue weighted by molar-refractivity contribution is -0.122. The van der Waals surface area contributed by atoms with Crippen molar-refractivity contribution in [2.45, 2.75) is 26.3 Å². The molecule has 0 spiro atoms. The Morgan fingerprint density at radius 2 is 1.86 bits per heavy atom. The summed E-state index contributed by atoms with van der Waals surface area (Å²) in [5.41, 5.74) is 1.18. The fraction of sp³-hybridized carbons (Fsp3) is 0.500. The van der Waals surface area contributed by atoms with Gasteiger partial charge in [0.1, 0.15) is 0 Å². The lowest BCUT2D eigenvalue weighted by Gasteiger charge is -2.11. The number of carbonyl (C=O) groups is 1. The van der Waals surface area contributed by atoms with E-state index in [-0.39, 0.29) is 11.8 Å². The van der Waals surface area contributed by atoms with E-state index in [1.807, 2.05) is 25.1 Å². The van der Waals surface area contributed by atoms with Gasteiger partial charge in [-0.2, -0.15) is 0 Å². The second kappa shape index (κ2) is 8.29. The molecule has 0 bridgehead atoms. The van der Waals surface area contributed by atoms with Gasteiger partial charge < -0.3 is 16.0 Å². The molecule has 0 saturated heterocycles. The standard InChI is InChI=1S/C16H24N4O/c1-2-17-16(20-12-13-6-4-3-5-7-13)19-11-10-18-15(21)14-8-9-14/h3-7,14H,2,8-12H2,1H3,(H,18,21)(H2,17,19,20). The summed E-state index contributed by atoms with van der Waals surface area (Å²) in [5, 5.41) is 9.36. The first-order chi connectivity index (χ1) is 10.3. The van der Waals surface area contributed by atoms with Gasteiger partial charge in [0.2, 0.25) is 5.91 Å². The van der Waals surface area contributed by atoms with Crippen molar-refractivity contribution in [3.8, 4) is 0 Å². The quantitative estimate of drug-likeness (QED) is 0.402. The predicted molar refractivity (Wildman–Crippen MR) is 85.0 cm³/mol. The Morgan fingerprint density at radius 3 is 2.52 bits per heavy atom. The van der Waals surface area contributed by atoms with Crippen molar-refractivity contribution in [2.24, 2.45) is 10.9 Å². The highest BCUT2D eigenvalue weighted by atomic mass is 16.2. The van der Waals surface area contributed by atoms with Crippen LogP contribution in [0.3, 0.4) is 0 Å². The zero-order valence-corrected chi connectivity index (χ0v) is 12.6. The van der Waals surface area contributed by atoms with Crippen molar-refractivity contribution < 1.29 is 4.79 Å². The van der Waals surface area contributed by atoms with Gasteiger partial charge in [0.05, 0.1) is 6.54 Å². The monoisotopic (exact) mass is 288 g/mol. The maximum absolute atomic E-state index is 11.5. The second-order valence-electron chi connectivity index (χ2n) is 5.17. The number of carbonyl (C=O) groups excluding carboxylic acids is 1. The van der Waals surface area contributed by atoms with Gasteiger partial charge in [-0.25, -0.2) is 4.99 Å². The molecule has 21 heavy (non-hydrogen) atoms. The van der Waals surface area contributed by atoms with E-state index in [0.717, 1.165) is 25.3 Å². The molecule has 1 aliphatic carbocycles. The Labute approximate surface area is 126 Å². The second-order valence-corrected chi connectivity index (χ2v) is 5.17. The van der Waals surface area contributed by atoms with Crippen LogP contribution in [0.2, 0.25) is 0 Å². The van der Waals surface area contributed by atoms with E-state index in [9.17, 15) is 4.79 Å². The maximum Gasteiger partial charge on any atom is 0.223 e. The van der Waals surface area contributed by atoms with Crippen molar-refractivity contribution in [1.29, 1.82) is 0 Å². The van der Waals surface area contributed by atoms with Gasteiger partial charge in [-0.15, -0.1) is 0 Å². The number of amides is 1. The minimum absolute atomic E-state index is 0.183. The molecular weight excluding hydrogens is 264 g/mol.